The van der Waals surface area contributed by atoms with Gasteiger partial charge in [-0.05, 0) is 106 Å². The van der Waals surface area contributed by atoms with Gasteiger partial charge in [0.15, 0.2) is 0 Å². The number of rotatable bonds is 11. The van der Waals surface area contributed by atoms with Crippen molar-refractivity contribution in [2.24, 2.45) is 0 Å². The highest BCUT2D eigenvalue weighted by Crippen LogP contribution is 2.39. The molecule has 0 fully saturated rings. The van der Waals surface area contributed by atoms with Crippen molar-refractivity contribution >= 4 is 52.6 Å². The van der Waals surface area contributed by atoms with E-state index in [-0.39, 0.29) is 0 Å². The summed E-state index contributed by atoms with van der Waals surface area (Å²) in [6.07, 6.45) is 0. The summed E-state index contributed by atoms with van der Waals surface area (Å²) in [5, 5.41) is 2.86. The molecule has 0 saturated carbocycles. The van der Waals surface area contributed by atoms with Crippen molar-refractivity contribution in [3.05, 3.63) is 243 Å². The van der Waals surface area contributed by atoms with Crippen LogP contribution in [0.3, 0.4) is 0 Å². The summed E-state index contributed by atoms with van der Waals surface area (Å²) in [6.45, 7) is 4.87. The van der Waals surface area contributed by atoms with E-state index in [0.29, 0.717) is 0 Å². The van der Waals surface area contributed by atoms with Crippen LogP contribution < -0.4 is 20.2 Å². The molecule has 9 rings (SSSR count). The summed E-state index contributed by atoms with van der Waals surface area (Å²) in [6, 6.07) is 87.6. The summed E-state index contributed by atoms with van der Waals surface area (Å²) in [7, 11) is -1.85. The standard InChI is InChI=1S/C56H46N2Si/c1-59(2,55-24-13-6-14-25-55)56-40-38-53(39-41-56)58(54-23-15-18-48(42-54)43-16-7-3-8-17-43)52-36-32-47(33-37-52)45-28-26-44(27-29-45)46-30-34-51(35-31-46)57(49-19-9-4-10-20-49)50-21-11-5-12-22-50/h3-42H,1-2H3. The Morgan fingerprint density at radius 1 is 0.237 bits per heavy atom. The van der Waals surface area contributed by atoms with Gasteiger partial charge in [-0.15, -0.1) is 0 Å². The summed E-state index contributed by atoms with van der Waals surface area (Å²) in [5.74, 6) is 0. The van der Waals surface area contributed by atoms with Crippen molar-refractivity contribution in [1.29, 1.82) is 0 Å². The Labute approximate surface area is 350 Å². The third-order valence-electron chi connectivity index (χ3n) is 11.4. The Bertz CT molecular complexity index is 2690. The van der Waals surface area contributed by atoms with Crippen molar-refractivity contribution in [3.8, 4) is 33.4 Å². The molecule has 0 aliphatic carbocycles. The van der Waals surface area contributed by atoms with Gasteiger partial charge >= 0.3 is 0 Å². The fourth-order valence-corrected chi connectivity index (χ4v) is 10.4. The number of nitrogens with zero attached hydrogens (tertiary/aromatic N) is 2. The molecule has 59 heavy (non-hydrogen) atoms. The SMILES string of the molecule is C[Si](C)(c1ccccc1)c1ccc(N(c2ccc(-c3ccc(-c4ccc(N(c5ccccc5)c5ccccc5)cc4)cc3)cc2)c2cccc(-c3ccccc3)c2)cc1. The normalized spacial score (nSPS) is 11.2. The molecule has 0 N–H and O–H groups in total. The first-order chi connectivity index (χ1) is 29.0. The highest BCUT2D eigenvalue weighted by Gasteiger charge is 2.26. The minimum absolute atomic E-state index is 1.11. The summed E-state index contributed by atoms with van der Waals surface area (Å²) in [5.41, 5.74) is 13.9. The lowest BCUT2D eigenvalue weighted by atomic mass is 9.99. The highest BCUT2D eigenvalue weighted by atomic mass is 28.3. The second kappa shape index (κ2) is 16.7. The molecule has 0 heterocycles. The quantitative estimate of drug-likeness (QED) is 0.121. The number of hydrogen-bond donors (Lipinski definition) is 0. The molecule has 0 spiro atoms. The van der Waals surface area contributed by atoms with Crippen molar-refractivity contribution < 1.29 is 0 Å². The molecule has 9 aromatic carbocycles. The topological polar surface area (TPSA) is 6.48 Å². The van der Waals surface area contributed by atoms with Gasteiger partial charge in [0.05, 0.1) is 0 Å². The Morgan fingerprint density at radius 2 is 0.525 bits per heavy atom. The van der Waals surface area contributed by atoms with Crippen LogP contribution in [0.2, 0.25) is 13.1 Å². The molecule has 0 amide bonds. The highest BCUT2D eigenvalue weighted by molar-refractivity contribution is 7.00. The van der Waals surface area contributed by atoms with Gasteiger partial charge in [-0.25, -0.2) is 0 Å². The number of para-hydroxylation sites is 2. The molecule has 0 aromatic heterocycles. The van der Waals surface area contributed by atoms with Gasteiger partial charge < -0.3 is 9.80 Å². The molecule has 3 heteroatoms. The Kier molecular flexibility index (Phi) is 10.6. The van der Waals surface area contributed by atoms with E-state index in [1.807, 2.05) is 0 Å². The maximum atomic E-state index is 2.44. The summed E-state index contributed by atoms with van der Waals surface area (Å²) < 4.78 is 0. The number of benzene rings is 9. The average Bonchev–Trinajstić information content (AvgIpc) is 3.31. The zero-order chi connectivity index (χ0) is 40.0. The minimum atomic E-state index is -1.85. The van der Waals surface area contributed by atoms with Crippen molar-refractivity contribution in [1.82, 2.24) is 0 Å². The van der Waals surface area contributed by atoms with E-state index in [0.717, 1.165) is 34.1 Å². The van der Waals surface area contributed by atoms with Crippen LogP contribution in [-0.2, 0) is 0 Å². The average molecular weight is 775 g/mol. The van der Waals surface area contributed by atoms with E-state index in [4.69, 9.17) is 0 Å². The maximum Gasteiger partial charge on any atom is 0.112 e. The summed E-state index contributed by atoms with van der Waals surface area (Å²) in [4.78, 5) is 4.67. The molecular formula is C56H46N2Si. The van der Waals surface area contributed by atoms with E-state index >= 15 is 0 Å². The zero-order valence-corrected chi connectivity index (χ0v) is 34.5. The molecule has 0 atom stereocenters. The van der Waals surface area contributed by atoms with Crippen LogP contribution in [-0.4, -0.2) is 8.07 Å². The predicted octanol–water partition coefficient (Wildman–Crippen LogP) is 14.4. The molecule has 284 valence electrons. The number of anilines is 6. The molecule has 0 bridgehead atoms. The summed E-state index contributed by atoms with van der Waals surface area (Å²) >= 11 is 0. The molecule has 0 aliphatic rings. The Morgan fingerprint density at radius 3 is 0.983 bits per heavy atom. The Balaban J connectivity index is 0.994. The van der Waals surface area contributed by atoms with E-state index in [1.165, 1.54) is 43.8 Å². The second-order valence-electron chi connectivity index (χ2n) is 15.5. The maximum absolute atomic E-state index is 2.44. The van der Waals surface area contributed by atoms with Crippen molar-refractivity contribution in [3.63, 3.8) is 0 Å². The largest absolute Gasteiger partial charge is 0.311 e. The van der Waals surface area contributed by atoms with Gasteiger partial charge in [0, 0.05) is 34.1 Å². The molecular weight excluding hydrogens is 729 g/mol. The van der Waals surface area contributed by atoms with Gasteiger partial charge in [-0.1, -0.05) is 193 Å². The van der Waals surface area contributed by atoms with Crippen LogP contribution in [0, 0.1) is 0 Å². The van der Waals surface area contributed by atoms with Crippen LogP contribution in [0.1, 0.15) is 0 Å². The molecule has 0 saturated heterocycles. The van der Waals surface area contributed by atoms with Crippen LogP contribution in [0.4, 0.5) is 34.1 Å². The van der Waals surface area contributed by atoms with Gasteiger partial charge in [-0.2, -0.15) is 0 Å². The van der Waals surface area contributed by atoms with Crippen molar-refractivity contribution in [2.75, 3.05) is 9.80 Å². The van der Waals surface area contributed by atoms with Crippen molar-refractivity contribution in [2.45, 2.75) is 13.1 Å². The van der Waals surface area contributed by atoms with E-state index in [2.05, 4.69) is 266 Å². The first-order valence-corrected chi connectivity index (χ1v) is 23.3. The monoisotopic (exact) mass is 774 g/mol. The smallest absolute Gasteiger partial charge is 0.112 e. The van der Waals surface area contributed by atoms with Gasteiger partial charge in [0.2, 0.25) is 0 Å². The van der Waals surface area contributed by atoms with E-state index < -0.39 is 8.07 Å². The second-order valence-corrected chi connectivity index (χ2v) is 19.9. The zero-order valence-electron chi connectivity index (χ0n) is 33.5. The minimum Gasteiger partial charge on any atom is -0.311 e. The number of hydrogen-bond acceptors (Lipinski definition) is 2. The van der Waals surface area contributed by atoms with Gasteiger partial charge in [0.25, 0.3) is 0 Å². The molecule has 9 aromatic rings. The lowest BCUT2D eigenvalue weighted by Crippen LogP contribution is -2.52. The lowest BCUT2D eigenvalue weighted by molar-refractivity contribution is 1.28. The van der Waals surface area contributed by atoms with E-state index in [9.17, 15) is 0 Å². The van der Waals surface area contributed by atoms with Gasteiger partial charge in [0.1, 0.15) is 8.07 Å². The fraction of sp³-hybridized carbons (Fsp3) is 0.0357. The first kappa shape index (κ1) is 37.4. The van der Waals surface area contributed by atoms with Crippen LogP contribution in [0.5, 0.6) is 0 Å². The lowest BCUT2D eigenvalue weighted by Gasteiger charge is -2.28. The first-order valence-electron chi connectivity index (χ1n) is 20.3. The molecule has 0 unspecified atom stereocenters. The third kappa shape index (κ3) is 8.02. The Hall–Kier alpha value is -7.20. The van der Waals surface area contributed by atoms with Gasteiger partial charge in [-0.3, -0.25) is 0 Å². The molecule has 0 radical (unpaired) electrons. The van der Waals surface area contributed by atoms with Crippen LogP contribution >= 0.6 is 0 Å². The van der Waals surface area contributed by atoms with Crippen LogP contribution in [0.25, 0.3) is 33.4 Å². The molecule has 2 nitrogen and oxygen atoms in total. The third-order valence-corrected chi connectivity index (χ3v) is 14.9. The fourth-order valence-electron chi connectivity index (χ4n) is 8.01. The van der Waals surface area contributed by atoms with Crippen LogP contribution in [0.15, 0.2) is 243 Å². The molecule has 0 aliphatic heterocycles. The van der Waals surface area contributed by atoms with E-state index in [1.54, 1.807) is 0 Å². The predicted molar refractivity (Wildman–Crippen MR) is 255 cm³/mol.